The Morgan fingerprint density at radius 3 is 2.60 bits per heavy atom. The molecule has 0 unspecified atom stereocenters. The summed E-state index contributed by atoms with van der Waals surface area (Å²) in [5, 5.41) is 2.86. The quantitative estimate of drug-likeness (QED) is 0.900. The lowest BCUT2D eigenvalue weighted by Crippen LogP contribution is -2.37. The molecule has 1 heterocycles. The van der Waals surface area contributed by atoms with Crippen molar-refractivity contribution in [2.75, 3.05) is 17.3 Å². The van der Waals surface area contributed by atoms with E-state index in [1.54, 1.807) is 12.0 Å². The van der Waals surface area contributed by atoms with Crippen molar-refractivity contribution in [3.8, 4) is 5.75 Å². The molecular weight excluding hydrogens is 252 g/mol. The molecule has 3 rings (SSSR count). The van der Waals surface area contributed by atoms with Crippen molar-refractivity contribution in [3.05, 3.63) is 60.7 Å². The highest BCUT2D eigenvalue weighted by molar-refractivity contribution is 6.16. The first-order valence-electron chi connectivity index (χ1n) is 6.24. The lowest BCUT2D eigenvalue weighted by molar-refractivity contribution is 0.259. The van der Waals surface area contributed by atoms with Crippen LogP contribution < -0.4 is 15.0 Å². The van der Waals surface area contributed by atoms with Crippen molar-refractivity contribution in [3.63, 3.8) is 0 Å². The van der Waals surface area contributed by atoms with Gasteiger partial charge in [0.25, 0.3) is 0 Å². The first kappa shape index (κ1) is 12.3. The number of nitrogens with zero attached hydrogens (tertiary/aromatic N) is 1. The third-order valence-electron chi connectivity index (χ3n) is 3.27. The molecule has 1 aliphatic rings. The number of benzene rings is 2. The molecule has 0 saturated carbocycles. The number of nitrogens with one attached hydrogen (secondary N) is 1. The van der Waals surface area contributed by atoms with E-state index in [2.05, 4.69) is 11.9 Å². The van der Waals surface area contributed by atoms with Crippen LogP contribution >= 0.6 is 0 Å². The van der Waals surface area contributed by atoms with Gasteiger partial charge < -0.3 is 10.1 Å². The SMILES string of the molecule is C=C1c2cc(OC)ccc2NC(=O)N1c1ccccc1. The fourth-order valence-electron chi connectivity index (χ4n) is 2.26. The Morgan fingerprint density at radius 1 is 1.15 bits per heavy atom. The van der Waals surface area contributed by atoms with Crippen molar-refractivity contribution in [2.45, 2.75) is 0 Å². The molecule has 0 bridgehead atoms. The number of hydrogen-bond donors (Lipinski definition) is 1. The van der Waals surface area contributed by atoms with Crippen LogP contribution in [0, 0.1) is 0 Å². The molecule has 0 fully saturated rings. The molecule has 0 aliphatic carbocycles. The number of anilines is 2. The van der Waals surface area contributed by atoms with Gasteiger partial charge in [-0.15, -0.1) is 0 Å². The predicted molar refractivity (Wildman–Crippen MR) is 80.0 cm³/mol. The molecule has 100 valence electrons. The zero-order valence-electron chi connectivity index (χ0n) is 11.1. The molecule has 1 aliphatic heterocycles. The van der Waals surface area contributed by atoms with Gasteiger partial charge in [-0.1, -0.05) is 24.8 Å². The van der Waals surface area contributed by atoms with Crippen LogP contribution in [0.5, 0.6) is 5.75 Å². The van der Waals surface area contributed by atoms with Crippen LogP contribution in [0.1, 0.15) is 5.56 Å². The second kappa shape index (κ2) is 4.74. The number of amides is 2. The summed E-state index contributed by atoms with van der Waals surface area (Å²) in [6, 6.07) is 14.7. The maximum Gasteiger partial charge on any atom is 0.330 e. The molecule has 0 atom stereocenters. The highest BCUT2D eigenvalue weighted by Crippen LogP contribution is 2.36. The standard InChI is InChI=1S/C16H14N2O2/c1-11-14-10-13(20-2)8-9-15(14)17-16(19)18(11)12-6-4-3-5-7-12/h3-10H,1H2,2H3,(H,17,19). The van der Waals surface area contributed by atoms with E-state index in [-0.39, 0.29) is 6.03 Å². The van der Waals surface area contributed by atoms with Gasteiger partial charge in [0.05, 0.1) is 24.2 Å². The van der Waals surface area contributed by atoms with Crippen LogP contribution in [0.4, 0.5) is 16.2 Å². The molecule has 2 amide bonds. The number of ether oxygens (including phenoxy) is 1. The summed E-state index contributed by atoms with van der Waals surface area (Å²) < 4.78 is 5.22. The maximum absolute atomic E-state index is 12.2. The van der Waals surface area contributed by atoms with Gasteiger partial charge in [0.2, 0.25) is 0 Å². The normalized spacial score (nSPS) is 13.8. The predicted octanol–water partition coefficient (Wildman–Crippen LogP) is 3.72. The molecule has 0 radical (unpaired) electrons. The first-order valence-corrected chi connectivity index (χ1v) is 6.24. The van der Waals surface area contributed by atoms with Crippen molar-refractivity contribution >= 4 is 23.1 Å². The number of urea groups is 1. The topological polar surface area (TPSA) is 41.6 Å². The molecule has 4 heteroatoms. The Kier molecular flexibility index (Phi) is 2.91. The van der Waals surface area contributed by atoms with Crippen LogP contribution in [0.2, 0.25) is 0 Å². The van der Waals surface area contributed by atoms with Crippen LogP contribution in [-0.4, -0.2) is 13.1 Å². The number of rotatable bonds is 2. The van der Waals surface area contributed by atoms with E-state index < -0.39 is 0 Å². The third kappa shape index (κ3) is 1.91. The Labute approximate surface area is 117 Å². The lowest BCUT2D eigenvalue weighted by atomic mass is 10.1. The van der Waals surface area contributed by atoms with Gasteiger partial charge in [0, 0.05) is 5.56 Å². The zero-order chi connectivity index (χ0) is 14.1. The fourth-order valence-corrected chi connectivity index (χ4v) is 2.26. The van der Waals surface area contributed by atoms with Gasteiger partial charge in [-0.3, -0.25) is 4.90 Å². The van der Waals surface area contributed by atoms with Crippen LogP contribution in [0.15, 0.2) is 55.1 Å². The maximum atomic E-state index is 12.2. The molecule has 20 heavy (non-hydrogen) atoms. The number of methoxy groups -OCH3 is 1. The van der Waals surface area contributed by atoms with Crippen molar-refractivity contribution in [2.24, 2.45) is 0 Å². The molecular formula is C16H14N2O2. The monoisotopic (exact) mass is 266 g/mol. The molecule has 0 aromatic heterocycles. The van der Waals surface area contributed by atoms with E-state index in [1.165, 1.54) is 0 Å². The van der Waals surface area contributed by atoms with Gasteiger partial charge in [-0.25, -0.2) is 4.79 Å². The summed E-state index contributed by atoms with van der Waals surface area (Å²) in [5.74, 6) is 0.731. The van der Waals surface area contributed by atoms with E-state index in [4.69, 9.17) is 4.74 Å². The minimum atomic E-state index is -0.209. The highest BCUT2D eigenvalue weighted by atomic mass is 16.5. The van der Waals surface area contributed by atoms with E-state index >= 15 is 0 Å². The molecule has 2 aromatic carbocycles. The number of hydrogen-bond acceptors (Lipinski definition) is 2. The van der Waals surface area contributed by atoms with E-state index in [1.807, 2.05) is 48.5 Å². The Hall–Kier alpha value is -2.75. The van der Waals surface area contributed by atoms with E-state index in [0.29, 0.717) is 5.70 Å². The Balaban J connectivity index is 2.08. The summed E-state index contributed by atoms with van der Waals surface area (Å²) in [5.41, 5.74) is 3.01. The largest absolute Gasteiger partial charge is 0.497 e. The van der Waals surface area contributed by atoms with Crippen molar-refractivity contribution in [1.82, 2.24) is 0 Å². The van der Waals surface area contributed by atoms with Gasteiger partial charge in [-0.2, -0.15) is 0 Å². The minimum absolute atomic E-state index is 0.209. The molecule has 1 N–H and O–H groups in total. The van der Waals surface area contributed by atoms with Gasteiger partial charge in [0.15, 0.2) is 0 Å². The van der Waals surface area contributed by atoms with Crippen LogP contribution in [0.3, 0.4) is 0 Å². The van der Waals surface area contributed by atoms with Crippen LogP contribution in [0.25, 0.3) is 5.70 Å². The summed E-state index contributed by atoms with van der Waals surface area (Å²) in [7, 11) is 1.61. The summed E-state index contributed by atoms with van der Waals surface area (Å²) in [6.07, 6.45) is 0. The molecule has 2 aromatic rings. The second-order valence-corrected chi connectivity index (χ2v) is 4.46. The second-order valence-electron chi connectivity index (χ2n) is 4.46. The van der Waals surface area contributed by atoms with Crippen molar-refractivity contribution in [1.29, 1.82) is 0 Å². The smallest absolute Gasteiger partial charge is 0.330 e. The minimum Gasteiger partial charge on any atom is -0.497 e. The van der Waals surface area contributed by atoms with Crippen LogP contribution in [-0.2, 0) is 0 Å². The number of para-hydroxylation sites is 1. The summed E-state index contributed by atoms with van der Waals surface area (Å²) in [6.45, 7) is 4.05. The van der Waals surface area contributed by atoms with E-state index in [9.17, 15) is 4.79 Å². The van der Waals surface area contributed by atoms with Gasteiger partial charge >= 0.3 is 6.03 Å². The average Bonchev–Trinajstić information content (AvgIpc) is 2.48. The lowest BCUT2D eigenvalue weighted by Gasteiger charge is -2.31. The number of carbonyl (C=O) groups excluding carboxylic acids is 1. The fraction of sp³-hybridized carbons (Fsp3) is 0.0625. The number of carbonyl (C=O) groups is 1. The first-order chi connectivity index (χ1) is 9.70. The summed E-state index contributed by atoms with van der Waals surface area (Å²) in [4.78, 5) is 13.8. The zero-order valence-corrected chi connectivity index (χ0v) is 11.1. The molecule has 0 saturated heterocycles. The van der Waals surface area contributed by atoms with Crippen molar-refractivity contribution < 1.29 is 9.53 Å². The summed E-state index contributed by atoms with van der Waals surface area (Å²) >= 11 is 0. The van der Waals surface area contributed by atoms with E-state index in [0.717, 1.165) is 22.7 Å². The average molecular weight is 266 g/mol. The Bertz CT molecular complexity index is 680. The Morgan fingerprint density at radius 2 is 1.90 bits per heavy atom. The van der Waals surface area contributed by atoms with Gasteiger partial charge in [-0.05, 0) is 30.3 Å². The number of fused-ring (bicyclic) bond motifs is 1. The third-order valence-corrected chi connectivity index (χ3v) is 3.27. The highest BCUT2D eigenvalue weighted by Gasteiger charge is 2.27. The molecule has 0 spiro atoms. The molecule has 4 nitrogen and oxygen atoms in total. The van der Waals surface area contributed by atoms with Gasteiger partial charge in [0.1, 0.15) is 5.75 Å².